The van der Waals surface area contributed by atoms with Crippen LogP contribution in [0, 0.1) is 18.3 Å². The fourth-order valence-corrected chi connectivity index (χ4v) is 13.7. The molecule has 0 aromatic heterocycles. The smallest absolute Gasteiger partial charge is 0.334 e. The first-order valence-electron chi connectivity index (χ1n) is 22.8. The van der Waals surface area contributed by atoms with Crippen molar-refractivity contribution in [3.63, 3.8) is 0 Å². The molecule has 13 nitrogen and oxygen atoms in total. The van der Waals surface area contributed by atoms with Crippen LogP contribution in [-0.4, -0.2) is 124 Å². The zero-order valence-corrected chi connectivity index (χ0v) is 41.4. The molecule has 9 rings (SSSR count). The van der Waals surface area contributed by atoms with Crippen molar-refractivity contribution in [3.05, 3.63) is 105 Å². The number of esters is 1. The number of likely N-dealkylation sites (N-methyl/N-ethyl adjacent to an activating group) is 1. The number of rotatable bonds is 13. The minimum absolute atomic E-state index is 0.0414. The van der Waals surface area contributed by atoms with Gasteiger partial charge in [0, 0.05) is 59.7 Å². The summed E-state index contributed by atoms with van der Waals surface area (Å²) in [5.74, 6) is 1.72. The van der Waals surface area contributed by atoms with Crippen LogP contribution in [0.5, 0.6) is 11.5 Å². The molecule has 3 saturated heterocycles. The van der Waals surface area contributed by atoms with Crippen LogP contribution in [0.1, 0.15) is 73.9 Å². The van der Waals surface area contributed by atoms with Crippen molar-refractivity contribution in [2.24, 2.45) is 0 Å². The van der Waals surface area contributed by atoms with Gasteiger partial charge in [0.2, 0.25) is 6.79 Å². The lowest BCUT2D eigenvalue weighted by Crippen LogP contribution is -2.74. The lowest BCUT2D eigenvalue weighted by Gasteiger charge is -2.62. The Kier molecular flexibility index (Phi) is 12.3. The number of benzene rings is 3. The maximum Gasteiger partial charge on any atom is 0.334 e. The number of hydrogen-bond donors (Lipinski definition) is 1. The van der Waals surface area contributed by atoms with E-state index < -0.39 is 55.9 Å². The van der Waals surface area contributed by atoms with Crippen LogP contribution in [0.25, 0.3) is 11.1 Å². The van der Waals surface area contributed by atoms with Crippen molar-refractivity contribution in [2.75, 3.05) is 53.0 Å². The van der Waals surface area contributed by atoms with E-state index in [4.69, 9.17) is 32.8 Å². The van der Waals surface area contributed by atoms with Gasteiger partial charge in [-0.2, -0.15) is 17.0 Å². The lowest BCUT2D eigenvalue weighted by atomic mass is 9.65. The highest BCUT2D eigenvalue weighted by molar-refractivity contribution is 7.99. The quantitative estimate of drug-likeness (QED) is 0.102. The van der Waals surface area contributed by atoms with Crippen LogP contribution in [0.3, 0.4) is 0 Å². The molecule has 7 atom stereocenters. The Morgan fingerprint density at radius 3 is 2.33 bits per heavy atom. The van der Waals surface area contributed by atoms with Crippen molar-refractivity contribution >= 4 is 31.8 Å². The number of carbonyl (C=O) groups excluding carboxylic acids is 2. The molecule has 3 fully saturated rings. The summed E-state index contributed by atoms with van der Waals surface area (Å²) in [6.07, 6.45) is -0.500. The van der Waals surface area contributed by atoms with E-state index in [9.17, 15) is 20.0 Å². The molecule has 2 aliphatic carbocycles. The maximum absolute atomic E-state index is 14.9. The number of aryl methyl sites for hydroxylation is 1. The molecule has 0 spiro atoms. The Labute approximate surface area is 393 Å². The zero-order chi connectivity index (χ0) is 47.0. The fourth-order valence-electron chi connectivity index (χ4n) is 11.2. The first kappa shape index (κ1) is 46.4. The molecular formula is C51H61N3O10SSi. The van der Waals surface area contributed by atoms with Crippen LogP contribution in [0.4, 0.5) is 0 Å². The fraction of sp³-hybridized carbons (Fsp3) is 0.510. The molecule has 66 heavy (non-hydrogen) atoms. The first-order valence-corrected chi connectivity index (χ1v) is 26.8. The highest BCUT2D eigenvalue weighted by atomic mass is 32.2. The SMILES string of the molecule is COCOc1c(OC)c(C)cc2c1[C@@H]1C3C[C@]4(O)C(=O)C(C)=C5OCOC5=C4[C@H](COC(=O)C(CSCC4c5ccccc5-c5ccccc54)O[Si](C)(C)C(C)(C)C)N3[C@@H](C#N)[C@@H](C2)N1C. The van der Waals surface area contributed by atoms with E-state index in [0.717, 1.165) is 22.4 Å². The predicted octanol–water partition coefficient (Wildman–Crippen LogP) is 7.56. The minimum Gasteiger partial charge on any atom is -0.493 e. The summed E-state index contributed by atoms with van der Waals surface area (Å²) >= 11 is 1.67. The Morgan fingerprint density at radius 2 is 1.70 bits per heavy atom. The first-order chi connectivity index (χ1) is 31.5. The Morgan fingerprint density at radius 1 is 1.03 bits per heavy atom. The summed E-state index contributed by atoms with van der Waals surface area (Å²) in [6, 6.07) is 18.5. The number of nitriles is 1. The summed E-state index contributed by atoms with van der Waals surface area (Å²) in [5, 5.41) is 24.1. The van der Waals surface area contributed by atoms with Gasteiger partial charge in [-0.25, -0.2) is 4.79 Å². The van der Waals surface area contributed by atoms with E-state index in [1.807, 2.05) is 14.0 Å². The molecule has 2 bridgehead atoms. The molecule has 3 aromatic rings. The molecule has 350 valence electrons. The number of fused-ring (bicyclic) bond motifs is 11. The summed E-state index contributed by atoms with van der Waals surface area (Å²) in [5.41, 5.74) is 6.10. The molecule has 4 aliphatic heterocycles. The van der Waals surface area contributed by atoms with Crippen LogP contribution < -0.4 is 9.47 Å². The number of piperazine rings is 1. The topological polar surface area (TPSA) is 149 Å². The normalized spacial score (nSPS) is 26.2. The number of aliphatic hydroxyl groups is 1. The number of methoxy groups -OCH3 is 2. The van der Waals surface area contributed by atoms with E-state index >= 15 is 0 Å². The standard InChI is InChI=1S/C51H61N3O10SSi/c1-28-19-30-20-36-38(22-52)54-37(43(53(36)6)41(30)46(44(28)59-8)61-26-58-7)21-51(57)42(47-45(62-27-63-47)29(2)48(51)55)39(54)23-60-49(56)40(64-66(9,10)50(3,4)5)25-65-24-35-33-17-13-11-15-31(33)32-16-12-14-18-34(32)35/h11-19,35-40,43,57H,20-21,23-27H2,1-10H3/t36-,37?,38+,39+,40?,43+,51-/m1/s1. The monoisotopic (exact) mass is 935 g/mol. The third kappa shape index (κ3) is 7.39. The van der Waals surface area contributed by atoms with Gasteiger partial charge >= 0.3 is 5.97 Å². The molecule has 1 N–H and O–H groups in total. The van der Waals surface area contributed by atoms with Crippen LogP contribution in [0.2, 0.25) is 18.1 Å². The molecule has 3 aromatic carbocycles. The summed E-state index contributed by atoms with van der Waals surface area (Å²) in [6.45, 7) is 13.8. The van der Waals surface area contributed by atoms with Gasteiger partial charge in [-0.3, -0.25) is 14.6 Å². The third-order valence-corrected chi connectivity index (χ3v) is 20.9. The maximum atomic E-state index is 14.9. The summed E-state index contributed by atoms with van der Waals surface area (Å²) in [7, 11) is 2.58. The Balaban J connectivity index is 1.09. The number of piperidine rings is 1. The average Bonchev–Trinajstić information content (AvgIpc) is 3.89. The number of nitrogens with zero attached hydrogens (tertiary/aromatic N) is 3. The number of hydrogen-bond acceptors (Lipinski definition) is 14. The van der Waals surface area contributed by atoms with Gasteiger partial charge < -0.3 is 38.0 Å². The van der Waals surface area contributed by atoms with E-state index in [2.05, 4.69) is 104 Å². The molecule has 0 amide bonds. The van der Waals surface area contributed by atoms with Crippen molar-refractivity contribution in [3.8, 4) is 28.7 Å². The number of ether oxygens (including phenoxy) is 6. The second kappa shape index (κ2) is 17.4. The van der Waals surface area contributed by atoms with Crippen LogP contribution >= 0.6 is 11.8 Å². The molecule has 0 radical (unpaired) electrons. The minimum atomic E-state index is -2.54. The molecule has 0 saturated carbocycles. The average molecular weight is 936 g/mol. The van der Waals surface area contributed by atoms with E-state index in [1.165, 1.54) is 22.3 Å². The van der Waals surface area contributed by atoms with Crippen LogP contribution in [-0.2, 0) is 39.4 Å². The third-order valence-electron chi connectivity index (χ3n) is 15.3. The van der Waals surface area contributed by atoms with Crippen molar-refractivity contribution in [1.82, 2.24) is 9.80 Å². The second-order valence-corrected chi connectivity index (χ2v) is 25.8. The van der Waals surface area contributed by atoms with Gasteiger partial charge in [-0.1, -0.05) is 75.4 Å². The largest absolute Gasteiger partial charge is 0.493 e. The molecule has 15 heteroatoms. The van der Waals surface area contributed by atoms with Crippen LogP contribution in [0.15, 0.2) is 77.3 Å². The van der Waals surface area contributed by atoms with Gasteiger partial charge in [0.25, 0.3) is 0 Å². The number of thioether (sulfide) groups is 1. The number of carbonyl (C=O) groups is 2. The van der Waals surface area contributed by atoms with Crippen molar-refractivity contribution in [2.45, 2.75) is 113 Å². The summed E-state index contributed by atoms with van der Waals surface area (Å²) in [4.78, 5) is 33.8. The predicted molar refractivity (Wildman–Crippen MR) is 252 cm³/mol. The van der Waals surface area contributed by atoms with Gasteiger partial charge in [-0.05, 0) is 78.8 Å². The number of ketones is 1. The molecule has 6 aliphatic rings. The lowest BCUT2D eigenvalue weighted by molar-refractivity contribution is -0.162. The van der Waals surface area contributed by atoms with E-state index in [1.54, 1.807) is 32.9 Å². The molecule has 2 unspecified atom stereocenters. The number of Topliss-reactive ketones (excluding diaryl/α,β-unsaturated/α-hetero) is 1. The molecule has 4 heterocycles. The molecular weight excluding hydrogens is 875 g/mol. The van der Waals surface area contributed by atoms with Gasteiger partial charge in [-0.15, -0.1) is 0 Å². The van der Waals surface area contributed by atoms with E-state index in [0.29, 0.717) is 23.7 Å². The van der Waals surface area contributed by atoms with Gasteiger partial charge in [0.05, 0.1) is 25.3 Å². The Hall–Kier alpha value is -4.66. The van der Waals surface area contributed by atoms with Gasteiger partial charge in [0.1, 0.15) is 12.6 Å². The second-order valence-electron chi connectivity index (χ2n) is 19.9. The zero-order valence-electron chi connectivity index (χ0n) is 39.6. The Bertz CT molecular complexity index is 2520. The van der Waals surface area contributed by atoms with Crippen molar-refractivity contribution < 1.29 is 47.5 Å². The van der Waals surface area contributed by atoms with Gasteiger partial charge in [0.15, 0.2) is 55.6 Å². The highest BCUT2D eigenvalue weighted by Gasteiger charge is 2.65. The highest BCUT2D eigenvalue weighted by Crippen LogP contribution is 2.57. The van der Waals surface area contributed by atoms with E-state index in [-0.39, 0.29) is 66.3 Å². The summed E-state index contributed by atoms with van der Waals surface area (Å²) < 4.78 is 43.1. The van der Waals surface area contributed by atoms with Crippen molar-refractivity contribution in [1.29, 1.82) is 5.26 Å².